The molecule has 1 amide bonds. The summed E-state index contributed by atoms with van der Waals surface area (Å²) in [5.41, 5.74) is 2.52. The first-order valence-corrected chi connectivity index (χ1v) is 10.3. The molecule has 7 heteroatoms. The van der Waals surface area contributed by atoms with Crippen molar-refractivity contribution in [1.29, 1.82) is 0 Å². The van der Waals surface area contributed by atoms with Crippen molar-refractivity contribution >= 4 is 41.5 Å². The van der Waals surface area contributed by atoms with Crippen LogP contribution in [0.5, 0.6) is 0 Å². The predicted molar refractivity (Wildman–Crippen MR) is 129 cm³/mol. The molecule has 0 unspecified atom stereocenters. The first kappa shape index (κ1) is 24.5. The molecule has 0 aliphatic carbocycles. The van der Waals surface area contributed by atoms with Crippen LogP contribution in [-0.4, -0.2) is 62.6 Å². The standard InChI is InChI=1S/C21H35N5O.HI/c1-4-22-21(23-12-11-20(27)26-14-6-7-15-26)24-13-16-25(5-2)19-10-8-9-18(3)17-19;/h8-10,17H,4-7,11-16H2,1-3H3,(H2,22,23,24);1H. The molecule has 1 aliphatic heterocycles. The normalized spacial score (nSPS) is 13.8. The molecule has 1 fully saturated rings. The lowest BCUT2D eigenvalue weighted by Crippen LogP contribution is -2.42. The lowest BCUT2D eigenvalue weighted by atomic mass is 10.2. The number of amides is 1. The van der Waals surface area contributed by atoms with E-state index in [4.69, 9.17) is 0 Å². The molecular formula is C21H36IN5O. The van der Waals surface area contributed by atoms with Crippen LogP contribution in [0.3, 0.4) is 0 Å². The molecule has 1 aromatic carbocycles. The summed E-state index contributed by atoms with van der Waals surface area (Å²) in [5, 5.41) is 6.65. The second-order valence-corrected chi connectivity index (χ2v) is 6.94. The maximum Gasteiger partial charge on any atom is 0.224 e. The second-order valence-electron chi connectivity index (χ2n) is 6.94. The van der Waals surface area contributed by atoms with Gasteiger partial charge in [0.05, 0.1) is 6.54 Å². The SMILES string of the molecule is CCNC(=NCCC(=O)N1CCCC1)NCCN(CC)c1cccc(C)c1.I. The third kappa shape index (κ3) is 8.24. The predicted octanol–water partition coefficient (Wildman–Crippen LogP) is 3.01. The van der Waals surface area contributed by atoms with Crippen LogP contribution in [0.1, 0.15) is 38.7 Å². The van der Waals surface area contributed by atoms with Crippen molar-refractivity contribution in [3.8, 4) is 0 Å². The minimum atomic E-state index is 0. The van der Waals surface area contributed by atoms with E-state index < -0.39 is 0 Å². The molecule has 1 heterocycles. The van der Waals surface area contributed by atoms with Crippen molar-refractivity contribution in [3.63, 3.8) is 0 Å². The number of halogens is 1. The van der Waals surface area contributed by atoms with Gasteiger partial charge in [0.2, 0.25) is 5.91 Å². The Balaban J connectivity index is 0.00000392. The van der Waals surface area contributed by atoms with Gasteiger partial charge in [0.15, 0.2) is 5.96 Å². The smallest absolute Gasteiger partial charge is 0.224 e. The Labute approximate surface area is 187 Å². The number of hydrogen-bond donors (Lipinski definition) is 2. The summed E-state index contributed by atoms with van der Waals surface area (Å²) >= 11 is 0. The molecule has 6 nitrogen and oxygen atoms in total. The molecule has 158 valence electrons. The van der Waals surface area contributed by atoms with Crippen LogP contribution in [0.25, 0.3) is 0 Å². The van der Waals surface area contributed by atoms with E-state index in [1.165, 1.54) is 11.3 Å². The van der Waals surface area contributed by atoms with E-state index in [0.29, 0.717) is 13.0 Å². The molecule has 0 aromatic heterocycles. The van der Waals surface area contributed by atoms with Gasteiger partial charge in [-0.3, -0.25) is 9.79 Å². The molecule has 28 heavy (non-hydrogen) atoms. The highest BCUT2D eigenvalue weighted by Crippen LogP contribution is 2.15. The third-order valence-electron chi connectivity index (χ3n) is 4.82. The minimum absolute atomic E-state index is 0. The summed E-state index contributed by atoms with van der Waals surface area (Å²) in [6.07, 6.45) is 2.75. The van der Waals surface area contributed by atoms with E-state index in [1.807, 2.05) is 4.90 Å². The number of rotatable bonds is 9. The first-order valence-electron chi connectivity index (χ1n) is 10.3. The van der Waals surface area contributed by atoms with Crippen LogP contribution in [0.4, 0.5) is 5.69 Å². The molecule has 0 radical (unpaired) electrons. The second kappa shape index (κ2) is 13.6. The highest BCUT2D eigenvalue weighted by molar-refractivity contribution is 14.0. The fourth-order valence-electron chi connectivity index (χ4n) is 3.33. The van der Waals surface area contributed by atoms with Gasteiger partial charge in [0, 0.05) is 51.4 Å². The Morgan fingerprint density at radius 1 is 1.21 bits per heavy atom. The highest BCUT2D eigenvalue weighted by atomic mass is 127. The quantitative estimate of drug-likeness (QED) is 0.311. The number of aryl methyl sites for hydroxylation is 1. The molecule has 1 aliphatic rings. The Morgan fingerprint density at radius 3 is 2.61 bits per heavy atom. The van der Waals surface area contributed by atoms with Crippen molar-refractivity contribution in [1.82, 2.24) is 15.5 Å². The van der Waals surface area contributed by atoms with E-state index >= 15 is 0 Å². The fraction of sp³-hybridized carbons (Fsp3) is 0.619. The number of likely N-dealkylation sites (N-methyl/N-ethyl adjacent to an activating group) is 1. The Morgan fingerprint density at radius 2 is 1.96 bits per heavy atom. The van der Waals surface area contributed by atoms with Crippen LogP contribution in [0, 0.1) is 6.92 Å². The van der Waals surface area contributed by atoms with Gasteiger partial charge in [0.1, 0.15) is 0 Å². The van der Waals surface area contributed by atoms with Gasteiger partial charge in [-0.05, 0) is 51.3 Å². The van der Waals surface area contributed by atoms with Crippen LogP contribution in [0.2, 0.25) is 0 Å². The van der Waals surface area contributed by atoms with Gasteiger partial charge in [0.25, 0.3) is 0 Å². The first-order chi connectivity index (χ1) is 13.1. The summed E-state index contributed by atoms with van der Waals surface area (Å²) in [6, 6.07) is 8.59. The van der Waals surface area contributed by atoms with E-state index in [2.05, 4.69) is 65.6 Å². The number of anilines is 1. The van der Waals surface area contributed by atoms with Gasteiger partial charge in [-0.15, -0.1) is 24.0 Å². The largest absolute Gasteiger partial charge is 0.370 e. The van der Waals surface area contributed by atoms with Crippen molar-refractivity contribution in [2.75, 3.05) is 50.7 Å². The van der Waals surface area contributed by atoms with Crippen LogP contribution in [0.15, 0.2) is 29.3 Å². The third-order valence-corrected chi connectivity index (χ3v) is 4.82. The molecule has 0 bridgehead atoms. The number of aliphatic imine (C=N–C) groups is 1. The van der Waals surface area contributed by atoms with Crippen LogP contribution in [-0.2, 0) is 4.79 Å². The number of guanidine groups is 1. The summed E-state index contributed by atoms with van der Waals surface area (Å²) < 4.78 is 0. The van der Waals surface area contributed by atoms with Gasteiger partial charge in [-0.2, -0.15) is 0 Å². The maximum atomic E-state index is 12.1. The fourth-order valence-corrected chi connectivity index (χ4v) is 3.33. The van der Waals surface area contributed by atoms with Crippen LogP contribution >= 0.6 is 24.0 Å². The van der Waals surface area contributed by atoms with Crippen molar-refractivity contribution in [3.05, 3.63) is 29.8 Å². The zero-order valence-electron chi connectivity index (χ0n) is 17.5. The average molecular weight is 501 g/mol. The number of carbonyl (C=O) groups excluding carboxylic acids is 1. The average Bonchev–Trinajstić information content (AvgIpc) is 3.20. The summed E-state index contributed by atoms with van der Waals surface area (Å²) in [7, 11) is 0. The molecule has 0 atom stereocenters. The molecule has 1 aromatic rings. The van der Waals surface area contributed by atoms with Gasteiger partial charge >= 0.3 is 0 Å². The Kier molecular flexibility index (Phi) is 11.9. The maximum absolute atomic E-state index is 12.1. The van der Waals surface area contributed by atoms with E-state index in [-0.39, 0.29) is 29.9 Å². The Bertz CT molecular complexity index is 617. The number of likely N-dealkylation sites (tertiary alicyclic amines) is 1. The number of carbonyl (C=O) groups is 1. The van der Waals surface area contributed by atoms with E-state index in [1.54, 1.807) is 0 Å². The minimum Gasteiger partial charge on any atom is -0.370 e. The van der Waals surface area contributed by atoms with E-state index in [0.717, 1.165) is 58.1 Å². The van der Waals surface area contributed by atoms with Crippen molar-refractivity contribution in [2.45, 2.75) is 40.0 Å². The lowest BCUT2D eigenvalue weighted by Gasteiger charge is -2.24. The number of benzene rings is 1. The summed E-state index contributed by atoms with van der Waals surface area (Å²) in [4.78, 5) is 21.0. The van der Waals surface area contributed by atoms with Gasteiger partial charge < -0.3 is 20.4 Å². The zero-order valence-corrected chi connectivity index (χ0v) is 19.9. The molecule has 2 N–H and O–H groups in total. The van der Waals surface area contributed by atoms with Gasteiger partial charge in [-0.25, -0.2) is 0 Å². The zero-order chi connectivity index (χ0) is 19.5. The molecule has 0 spiro atoms. The Hall–Kier alpha value is -1.51. The van der Waals surface area contributed by atoms with Crippen molar-refractivity contribution in [2.24, 2.45) is 4.99 Å². The molecule has 1 saturated heterocycles. The summed E-state index contributed by atoms with van der Waals surface area (Å²) in [5.74, 6) is 1.01. The molecule has 2 rings (SSSR count). The number of nitrogens with one attached hydrogen (secondary N) is 2. The monoisotopic (exact) mass is 501 g/mol. The van der Waals surface area contributed by atoms with Crippen LogP contribution < -0.4 is 15.5 Å². The lowest BCUT2D eigenvalue weighted by molar-refractivity contribution is -0.129. The van der Waals surface area contributed by atoms with Gasteiger partial charge in [-0.1, -0.05) is 12.1 Å². The van der Waals surface area contributed by atoms with Crippen molar-refractivity contribution < 1.29 is 4.79 Å². The topological polar surface area (TPSA) is 60.0 Å². The number of hydrogen-bond acceptors (Lipinski definition) is 3. The van der Waals surface area contributed by atoms with E-state index in [9.17, 15) is 4.79 Å². The molecular weight excluding hydrogens is 465 g/mol. The highest BCUT2D eigenvalue weighted by Gasteiger charge is 2.17. The molecule has 0 saturated carbocycles. The summed E-state index contributed by atoms with van der Waals surface area (Å²) in [6.45, 7) is 12.2. The number of nitrogens with zero attached hydrogens (tertiary/aromatic N) is 3.